The summed E-state index contributed by atoms with van der Waals surface area (Å²) in [6.07, 6.45) is 2.20. The Labute approximate surface area is 231 Å². The molecule has 0 saturated heterocycles. The van der Waals surface area contributed by atoms with Crippen LogP contribution in [0.3, 0.4) is 0 Å². The second kappa shape index (κ2) is 12.7. The molecule has 1 atom stereocenters. The van der Waals surface area contributed by atoms with Gasteiger partial charge in [0.05, 0.1) is 0 Å². The lowest BCUT2D eigenvalue weighted by atomic mass is 9.97. The van der Waals surface area contributed by atoms with Crippen molar-refractivity contribution in [2.75, 3.05) is 10.2 Å². The van der Waals surface area contributed by atoms with Crippen LogP contribution in [0.15, 0.2) is 95.5 Å². The first-order valence-corrected chi connectivity index (χ1v) is 12.6. The van der Waals surface area contributed by atoms with Gasteiger partial charge in [0.25, 0.3) is 5.91 Å². The fraction of sp³-hybridized carbons (Fsp3) is 0.161. The molecule has 204 valence electrons. The van der Waals surface area contributed by atoms with Crippen molar-refractivity contribution < 1.29 is 23.3 Å². The molecule has 9 heteroatoms. The number of nitrogens with zero attached hydrogens (tertiary/aromatic N) is 2. The summed E-state index contributed by atoms with van der Waals surface area (Å²) in [4.78, 5) is 41.4. The predicted molar refractivity (Wildman–Crippen MR) is 150 cm³/mol. The molecule has 0 aliphatic carbocycles. The first-order valence-electron chi connectivity index (χ1n) is 12.6. The van der Waals surface area contributed by atoms with Crippen LogP contribution in [0.2, 0.25) is 0 Å². The summed E-state index contributed by atoms with van der Waals surface area (Å²) >= 11 is 0. The van der Waals surface area contributed by atoms with Crippen molar-refractivity contribution in [3.8, 4) is 0 Å². The van der Waals surface area contributed by atoms with Crippen LogP contribution in [-0.2, 0) is 20.9 Å². The van der Waals surface area contributed by atoms with Crippen molar-refractivity contribution >= 4 is 29.2 Å². The van der Waals surface area contributed by atoms with Crippen LogP contribution < -0.4 is 15.5 Å². The molecule has 0 bridgehead atoms. The largest absolute Gasteiger partial charge is 0.360 e. The van der Waals surface area contributed by atoms with Crippen LogP contribution in [0, 0.1) is 26.6 Å². The molecular formula is C31H29FN4O4. The molecule has 0 aliphatic heterocycles. The number of aromatic nitrogens is 1. The van der Waals surface area contributed by atoms with Gasteiger partial charge in [0, 0.05) is 30.5 Å². The highest BCUT2D eigenvalue weighted by Gasteiger charge is 2.33. The quantitative estimate of drug-likeness (QED) is 0.280. The average molecular weight is 541 g/mol. The highest BCUT2D eigenvalue weighted by Crippen LogP contribution is 2.31. The van der Waals surface area contributed by atoms with E-state index in [0.29, 0.717) is 22.6 Å². The number of amides is 3. The first-order chi connectivity index (χ1) is 19.2. The minimum Gasteiger partial charge on any atom is -0.360 e. The summed E-state index contributed by atoms with van der Waals surface area (Å²) in [5.74, 6) is -1.24. The van der Waals surface area contributed by atoms with Crippen LogP contribution in [0.4, 0.5) is 15.9 Å². The Morgan fingerprint density at radius 3 is 2.38 bits per heavy atom. The number of rotatable bonds is 9. The maximum atomic E-state index is 13.8. The SMILES string of the molecule is Cc1cccc(N(C(=O)/C=C/C(=O)Nc2cc(C)on2)[C@H](C(=O)NCc2ccc(F)cc2)c2ccccc2C)c1. The summed E-state index contributed by atoms with van der Waals surface area (Å²) in [6.45, 7) is 5.56. The van der Waals surface area contributed by atoms with Gasteiger partial charge in [-0.3, -0.25) is 19.3 Å². The normalized spacial score (nSPS) is 11.7. The average Bonchev–Trinajstić information content (AvgIpc) is 3.34. The fourth-order valence-electron chi connectivity index (χ4n) is 4.18. The molecule has 3 aromatic carbocycles. The van der Waals surface area contributed by atoms with Gasteiger partial charge in [-0.05, 0) is 67.3 Å². The van der Waals surface area contributed by atoms with Crippen LogP contribution in [-0.4, -0.2) is 22.9 Å². The topological polar surface area (TPSA) is 105 Å². The summed E-state index contributed by atoms with van der Waals surface area (Å²) in [5.41, 5.74) is 3.48. The van der Waals surface area contributed by atoms with E-state index >= 15 is 0 Å². The van der Waals surface area contributed by atoms with Crippen LogP contribution in [0.1, 0.15) is 34.1 Å². The van der Waals surface area contributed by atoms with Crippen molar-refractivity contribution in [3.05, 3.63) is 125 Å². The Morgan fingerprint density at radius 2 is 1.70 bits per heavy atom. The summed E-state index contributed by atoms with van der Waals surface area (Å²) in [6, 6.07) is 20.8. The molecule has 1 aromatic heterocycles. The molecule has 0 saturated carbocycles. The number of benzene rings is 3. The molecule has 0 spiro atoms. The number of carbonyl (C=O) groups is 3. The predicted octanol–water partition coefficient (Wildman–Crippen LogP) is 5.32. The van der Waals surface area contributed by atoms with Crippen molar-refractivity contribution in [1.29, 1.82) is 0 Å². The summed E-state index contributed by atoms with van der Waals surface area (Å²) in [5, 5.41) is 9.14. The Bertz CT molecular complexity index is 1540. The van der Waals surface area contributed by atoms with Gasteiger partial charge in [-0.1, -0.05) is 53.7 Å². The minimum atomic E-state index is -1.07. The Kier molecular flexibility index (Phi) is 8.86. The fourth-order valence-corrected chi connectivity index (χ4v) is 4.18. The van der Waals surface area contributed by atoms with E-state index in [1.54, 1.807) is 55.5 Å². The first kappa shape index (κ1) is 28.0. The Balaban J connectivity index is 1.69. The van der Waals surface area contributed by atoms with Gasteiger partial charge >= 0.3 is 0 Å². The number of aryl methyl sites for hydroxylation is 3. The van der Waals surface area contributed by atoms with Gasteiger partial charge in [-0.2, -0.15) is 0 Å². The van der Waals surface area contributed by atoms with Gasteiger partial charge in [0.15, 0.2) is 5.82 Å². The van der Waals surface area contributed by atoms with Crippen molar-refractivity contribution in [2.45, 2.75) is 33.4 Å². The number of hydrogen-bond donors (Lipinski definition) is 2. The van der Waals surface area contributed by atoms with Crippen molar-refractivity contribution in [3.63, 3.8) is 0 Å². The maximum Gasteiger partial charge on any atom is 0.252 e. The zero-order valence-electron chi connectivity index (χ0n) is 22.4. The zero-order valence-corrected chi connectivity index (χ0v) is 22.4. The second-order valence-electron chi connectivity index (χ2n) is 9.30. The van der Waals surface area contributed by atoms with Gasteiger partial charge in [0.2, 0.25) is 11.8 Å². The molecule has 0 unspecified atom stereocenters. The molecule has 4 aromatic rings. The summed E-state index contributed by atoms with van der Waals surface area (Å²) in [7, 11) is 0. The van der Waals surface area contributed by atoms with Gasteiger partial charge in [-0.25, -0.2) is 4.39 Å². The molecule has 0 fully saturated rings. The van der Waals surface area contributed by atoms with Gasteiger partial charge in [0.1, 0.15) is 17.6 Å². The number of halogens is 1. The highest BCUT2D eigenvalue weighted by atomic mass is 19.1. The van der Waals surface area contributed by atoms with Gasteiger partial charge in [-0.15, -0.1) is 0 Å². The van der Waals surface area contributed by atoms with E-state index in [-0.39, 0.29) is 18.2 Å². The van der Waals surface area contributed by atoms with Gasteiger partial charge < -0.3 is 15.2 Å². The third-order valence-electron chi connectivity index (χ3n) is 6.14. The number of carbonyl (C=O) groups excluding carboxylic acids is 3. The number of anilines is 2. The zero-order chi connectivity index (χ0) is 28.6. The molecule has 0 aliphatic rings. The van der Waals surface area contributed by atoms with E-state index in [1.165, 1.54) is 17.0 Å². The number of hydrogen-bond acceptors (Lipinski definition) is 5. The van der Waals surface area contributed by atoms with E-state index in [9.17, 15) is 18.8 Å². The molecule has 0 radical (unpaired) electrons. The van der Waals surface area contributed by atoms with Crippen molar-refractivity contribution in [2.24, 2.45) is 0 Å². The minimum absolute atomic E-state index is 0.132. The molecule has 8 nitrogen and oxygen atoms in total. The van der Waals surface area contributed by atoms with Crippen LogP contribution >= 0.6 is 0 Å². The molecular weight excluding hydrogens is 511 g/mol. The monoisotopic (exact) mass is 540 g/mol. The maximum absolute atomic E-state index is 13.8. The number of nitrogens with one attached hydrogen (secondary N) is 2. The van der Waals surface area contributed by atoms with E-state index in [1.807, 2.05) is 32.0 Å². The van der Waals surface area contributed by atoms with Crippen molar-refractivity contribution in [1.82, 2.24) is 10.5 Å². The standard InChI is InChI=1S/C31H29FN4O4/c1-20-7-6-9-25(17-20)36(29(38)16-15-28(37)34-27-18-22(3)40-35-27)30(26-10-5-4-8-21(26)2)31(39)33-19-23-11-13-24(32)14-12-23/h4-18,30H,19H2,1-3H3,(H,33,39)(H,34,35,37)/b16-15+/t30-/m0/s1. The summed E-state index contributed by atoms with van der Waals surface area (Å²) < 4.78 is 18.3. The molecule has 1 heterocycles. The third kappa shape index (κ3) is 7.08. The Morgan fingerprint density at radius 1 is 0.950 bits per heavy atom. The lowest BCUT2D eigenvalue weighted by molar-refractivity contribution is -0.125. The molecule has 40 heavy (non-hydrogen) atoms. The molecule has 3 amide bonds. The van der Waals surface area contributed by atoms with E-state index in [0.717, 1.165) is 23.3 Å². The van der Waals surface area contributed by atoms with E-state index in [2.05, 4.69) is 15.8 Å². The van der Waals surface area contributed by atoms with E-state index < -0.39 is 23.8 Å². The lowest BCUT2D eigenvalue weighted by Crippen LogP contribution is -2.43. The highest BCUT2D eigenvalue weighted by molar-refractivity contribution is 6.10. The van der Waals surface area contributed by atoms with Crippen LogP contribution in [0.25, 0.3) is 0 Å². The van der Waals surface area contributed by atoms with E-state index in [4.69, 9.17) is 4.52 Å². The lowest BCUT2D eigenvalue weighted by Gasteiger charge is -2.32. The third-order valence-corrected chi connectivity index (χ3v) is 6.14. The molecule has 2 N–H and O–H groups in total. The Hall–Kier alpha value is -5.05. The molecule has 4 rings (SSSR count). The van der Waals surface area contributed by atoms with Crippen LogP contribution in [0.5, 0.6) is 0 Å². The smallest absolute Gasteiger partial charge is 0.252 e. The second-order valence-corrected chi connectivity index (χ2v) is 9.30.